The largest absolute Gasteiger partial charge is 0.496 e. The molecule has 2 aromatic rings. The summed E-state index contributed by atoms with van der Waals surface area (Å²) in [5, 5.41) is 12.1. The molecule has 1 amide bonds. The highest BCUT2D eigenvalue weighted by Gasteiger charge is 2.60. The molecule has 5 nitrogen and oxygen atoms in total. The highest BCUT2D eigenvalue weighted by molar-refractivity contribution is 5.98. The topological polar surface area (TPSA) is 75.6 Å². The number of aromatic carboxylic acids is 1. The van der Waals surface area contributed by atoms with E-state index in [1.54, 1.807) is 12.1 Å². The van der Waals surface area contributed by atoms with Crippen molar-refractivity contribution in [3.63, 3.8) is 0 Å². The number of nitrogens with one attached hydrogen (secondary N) is 1. The fourth-order valence-corrected chi connectivity index (χ4v) is 4.35. The van der Waals surface area contributed by atoms with Crippen molar-refractivity contribution in [3.8, 4) is 5.75 Å². The molecule has 2 aliphatic carbocycles. The van der Waals surface area contributed by atoms with Crippen LogP contribution >= 0.6 is 0 Å². The lowest BCUT2D eigenvalue weighted by Gasteiger charge is -2.26. The minimum atomic E-state index is -1.06. The van der Waals surface area contributed by atoms with E-state index < -0.39 is 5.97 Å². The molecular formula is C21H21NO4. The molecule has 0 radical (unpaired) electrons. The van der Waals surface area contributed by atoms with Crippen LogP contribution in [-0.2, 0) is 16.6 Å². The molecule has 2 aromatic carbocycles. The van der Waals surface area contributed by atoms with Crippen molar-refractivity contribution in [3.05, 3.63) is 59.2 Å². The van der Waals surface area contributed by atoms with Gasteiger partial charge in [-0.15, -0.1) is 0 Å². The van der Waals surface area contributed by atoms with E-state index in [9.17, 15) is 9.59 Å². The number of benzene rings is 2. The van der Waals surface area contributed by atoms with Crippen molar-refractivity contribution >= 4 is 17.6 Å². The van der Waals surface area contributed by atoms with Crippen molar-refractivity contribution in [2.75, 3.05) is 12.4 Å². The molecule has 0 heterocycles. The van der Waals surface area contributed by atoms with Crippen LogP contribution in [0.2, 0.25) is 0 Å². The molecule has 1 saturated carbocycles. The number of ether oxygens (including phenoxy) is 1. The summed E-state index contributed by atoms with van der Waals surface area (Å²) in [5.74, 6) is -0.857. The van der Waals surface area contributed by atoms with Gasteiger partial charge in [-0.25, -0.2) is 4.79 Å². The first kappa shape index (κ1) is 16.6. The maximum absolute atomic E-state index is 12.8. The summed E-state index contributed by atoms with van der Waals surface area (Å²) in [6, 6.07) is 13.1. The van der Waals surface area contributed by atoms with Gasteiger partial charge in [-0.2, -0.15) is 0 Å². The molecule has 1 fully saturated rings. The third-order valence-corrected chi connectivity index (χ3v) is 5.71. The van der Waals surface area contributed by atoms with Gasteiger partial charge in [0.15, 0.2) is 0 Å². The van der Waals surface area contributed by atoms with Crippen LogP contribution in [0.15, 0.2) is 42.5 Å². The number of hydrogen-bond acceptors (Lipinski definition) is 3. The second-order valence-electron chi connectivity index (χ2n) is 7.13. The molecule has 0 aromatic heterocycles. The lowest BCUT2D eigenvalue weighted by atomic mass is 9.78. The number of aryl methyl sites for hydroxylation is 1. The number of anilines is 1. The summed E-state index contributed by atoms with van der Waals surface area (Å²) < 4.78 is 5.13. The monoisotopic (exact) mass is 351 g/mol. The molecule has 2 unspecified atom stereocenters. The normalized spacial score (nSPS) is 23.2. The molecule has 0 saturated heterocycles. The summed E-state index contributed by atoms with van der Waals surface area (Å²) in [5.41, 5.74) is 3.30. The Morgan fingerprint density at radius 1 is 1.23 bits per heavy atom. The van der Waals surface area contributed by atoms with Gasteiger partial charge < -0.3 is 15.2 Å². The molecule has 4 rings (SSSR count). The minimum absolute atomic E-state index is 0.00756. The second-order valence-corrected chi connectivity index (χ2v) is 7.13. The lowest BCUT2D eigenvalue weighted by molar-refractivity contribution is -0.117. The maximum Gasteiger partial charge on any atom is 0.339 e. The number of methoxy groups -OCH3 is 1. The van der Waals surface area contributed by atoms with Gasteiger partial charge in [-0.1, -0.05) is 24.3 Å². The highest BCUT2D eigenvalue weighted by atomic mass is 16.5. The number of hydrogen-bond donors (Lipinski definition) is 2. The summed E-state index contributed by atoms with van der Waals surface area (Å²) in [4.78, 5) is 24.0. The van der Waals surface area contributed by atoms with Crippen molar-refractivity contribution in [1.82, 2.24) is 0 Å². The number of carbonyl (C=O) groups excluding carboxylic acids is 1. The quantitative estimate of drug-likeness (QED) is 0.882. The summed E-state index contributed by atoms with van der Waals surface area (Å²) in [7, 11) is 1.42. The van der Waals surface area contributed by atoms with Crippen LogP contribution in [0, 0.1) is 5.92 Å². The SMILES string of the molecule is COc1cc(NC(=O)C2CC23CCCc2ccccc23)ccc1C(=O)O. The molecule has 0 bridgehead atoms. The van der Waals surface area contributed by atoms with E-state index in [2.05, 4.69) is 29.6 Å². The minimum Gasteiger partial charge on any atom is -0.496 e. The maximum atomic E-state index is 12.8. The van der Waals surface area contributed by atoms with Crippen LogP contribution in [0.4, 0.5) is 5.69 Å². The zero-order valence-electron chi connectivity index (χ0n) is 14.6. The van der Waals surface area contributed by atoms with Crippen LogP contribution in [0.1, 0.15) is 40.7 Å². The van der Waals surface area contributed by atoms with Gasteiger partial charge in [0.1, 0.15) is 11.3 Å². The molecule has 2 aliphatic rings. The fourth-order valence-electron chi connectivity index (χ4n) is 4.35. The Hall–Kier alpha value is -2.82. The Kier molecular flexibility index (Phi) is 3.94. The van der Waals surface area contributed by atoms with Crippen LogP contribution in [0.25, 0.3) is 0 Å². The van der Waals surface area contributed by atoms with Gasteiger partial charge >= 0.3 is 5.97 Å². The average Bonchev–Trinajstić information content (AvgIpc) is 3.36. The van der Waals surface area contributed by atoms with Crippen LogP contribution in [-0.4, -0.2) is 24.1 Å². The van der Waals surface area contributed by atoms with Crippen molar-refractivity contribution < 1.29 is 19.4 Å². The number of amides is 1. The first-order valence-corrected chi connectivity index (χ1v) is 8.86. The Morgan fingerprint density at radius 2 is 2.04 bits per heavy atom. The number of carbonyl (C=O) groups is 2. The second kappa shape index (κ2) is 6.16. The Balaban J connectivity index is 1.54. The van der Waals surface area contributed by atoms with E-state index in [4.69, 9.17) is 9.84 Å². The molecule has 1 spiro atoms. The standard InChI is InChI=1S/C21H21NO4/c1-26-18-11-14(8-9-15(18)20(24)25)22-19(23)17-12-21(17)10-4-6-13-5-2-3-7-16(13)21/h2-3,5,7-9,11,17H,4,6,10,12H2,1H3,(H,22,23)(H,24,25). The van der Waals surface area contributed by atoms with Crippen molar-refractivity contribution in [1.29, 1.82) is 0 Å². The number of carboxylic acids is 1. The third kappa shape index (κ3) is 2.64. The van der Waals surface area contributed by atoms with E-state index in [-0.39, 0.29) is 28.6 Å². The van der Waals surface area contributed by atoms with E-state index in [1.165, 1.54) is 24.3 Å². The Morgan fingerprint density at radius 3 is 2.81 bits per heavy atom. The van der Waals surface area contributed by atoms with Gasteiger partial charge in [0.2, 0.25) is 5.91 Å². The third-order valence-electron chi connectivity index (χ3n) is 5.71. The van der Waals surface area contributed by atoms with Crippen molar-refractivity contribution in [2.45, 2.75) is 31.1 Å². The smallest absolute Gasteiger partial charge is 0.339 e. The van der Waals surface area contributed by atoms with Crippen molar-refractivity contribution in [2.24, 2.45) is 5.92 Å². The number of fused-ring (bicyclic) bond motifs is 2. The van der Waals surface area contributed by atoms with Crippen LogP contribution in [0.5, 0.6) is 5.75 Å². The van der Waals surface area contributed by atoms with Crippen LogP contribution in [0.3, 0.4) is 0 Å². The van der Waals surface area contributed by atoms with Gasteiger partial charge in [0, 0.05) is 23.1 Å². The van der Waals surface area contributed by atoms with Gasteiger partial charge in [0.05, 0.1) is 7.11 Å². The van der Waals surface area contributed by atoms with E-state index in [0.29, 0.717) is 5.69 Å². The molecule has 26 heavy (non-hydrogen) atoms. The van der Waals surface area contributed by atoms with E-state index in [1.807, 2.05) is 0 Å². The molecular weight excluding hydrogens is 330 g/mol. The average molecular weight is 351 g/mol. The molecule has 2 N–H and O–H groups in total. The Labute approximate surface area is 152 Å². The molecule has 2 atom stereocenters. The van der Waals surface area contributed by atoms with Crippen LogP contribution < -0.4 is 10.1 Å². The van der Waals surface area contributed by atoms with E-state index >= 15 is 0 Å². The van der Waals surface area contributed by atoms with E-state index in [0.717, 1.165) is 25.7 Å². The van der Waals surface area contributed by atoms with Gasteiger partial charge in [-0.3, -0.25) is 4.79 Å². The fraction of sp³-hybridized carbons (Fsp3) is 0.333. The summed E-state index contributed by atoms with van der Waals surface area (Å²) >= 11 is 0. The molecule has 0 aliphatic heterocycles. The predicted octanol–water partition coefficient (Wildman–Crippen LogP) is 3.63. The predicted molar refractivity (Wildman–Crippen MR) is 97.7 cm³/mol. The zero-order chi connectivity index (χ0) is 18.3. The first-order chi connectivity index (χ1) is 12.5. The molecule has 134 valence electrons. The number of rotatable bonds is 4. The summed E-state index contributed by atoms with van der Waals surface area (Å²) in [6.07, 6.45) is 4.12. The summed E-state index contributed by atoms with van der Waals surface area (Å²) in [6.45, 7) is 0. The number of carboxylic acid groups (broad SMARTS) is 1. The van der Waals surface area contributed by atoms with Gasteiger partial charge in [-0.05, 0) is 48.9 Å². The molecule has 5 heteroatoms. The highest BCUT2D eigenvalue weighted by Crippen LogP contribution is 2.60. The van der Waals surface area contributed by atoms with Gasteiger partial charge in [0.25, 0.3) is 0 Å². The first-order valence-electron chi connectivity index (χ1n) is 8.86. The zero-order valence-corrected chi connectivity index (χ0v) is 14.6. The lowest BCUT2D eigenvalue weighted by Crippen LogP contribution is -2.24. The Bertz CT molecular complexity index is 891.